The summed E-state index contributed by atoms with van der Waals surface area (Å²) in [5.41, 5.74) is 2.18. The van der Waals surface area contributed by atoms with Gasteiger partial charge in [-0.25, -0.2) is 0 Å². The Bertz CT molecular complexity index is 572. The van der Waals surface area contributed by atoms with Crippen molar-refractivity contribution in [3.63, 3.8) is 0 Å². The minimum absolute atomic E-state index is 0.612. The number of aromatic nitrogens is 1. The van der Waals surface area contributed by atoms with Gasteiger partial charge in [0.1, 0.15) is 11.5 Å². The molecule has 2 aromatic rings. The Morgan fingerprint density at radius 3 is 2.85 bits per heavy atom. The quantitative estimate of drug-likeness (QED) is 0.804. The van der Waals surface area contributed by atoms with Gasteiger partial charge >= 0.3 is 0 Å². The fourth-order valence-electron chi connectivity index (χ4n) is 1.85. The number of pyridine rings is 1. The maximum absolute atomic E-state index is 6.20. The smallest absolute Gasteiger partial charge is 0.150 e. The van der Waals surface area contributed by atoms with E-state index in [1.165, 1.54) is 0 Å². The summed E-state index contributed by atoms with van der Waals surface area (Å²) >= 11 is 6.20. The summed E-state index contributed by atoms with van der Waals surface area (Å²) in [6, 6.07) is 7.71. The number of hydrogen-bond acceptors (Lipinski definition) is 3. The molecule has 0 amide bonds. The van der Waals surface area contributed by atoms with Gasteiger partial charge in [-0.05, 0) is 43.7 Å². The summed E-state index contributed by atoms with van der Waals surface area (Å²) in [5.74, 6) is 1.39. The molecular formula is C16H19ClN2O. The third-order valence-corrected chi connectivity index (χ3v) is 3.21. The molecule has 1 aromatic carbocycles. The summed E-state index contributed by atoms with van der Waals surface area (Å²) in [6.07, 6.45) is 4.59. The number of nitrogens with one attached hydrogen (secondary N) is 1. The Kier molecular flexibility index (Phi) is 5.39. The molecule has 4 heteroatoms. The van der Waals surface area contributed by atoms with Gasteiger partial charge < -0.3 is 10.1 Å². The molecule has 0 radical (unpaired) electrons. The van der Waals surface area contributed by atoms with Crippen LogP contribution in [-0.4, -0.2) is 11.5 Å². The highest BCUT2D eigenvalue weighted by Crippen LogP contribution is 2.31. The van der Waals surface area contributed by atoms with Crippen LogP contribution in [0.1, 0.15) is 24.5 Å². The minimum atomic E-state index is 0.612. The third-order valence-electron chi connectivity index (χ3n) is 2.92. The normalized spacial score (nSPS) is 10.6. The molecule has 0 unspecified atom stereocenters. The molecule has 1 aromatic heterocycles. The average Bonchev–Trinajstić information content (AvgIpc) is 2.44. The Morgan fingerprint density at radius 1 is 1.25 bits per heavy atom. The van der Waals surface area contributed by atoms with Gasteiger partial charge in [0.2, 0.25) is 0 Å². The van der Waals surface area contributed by atoms with Crippen LogP contribution >= 0.6 is 11.6 Å². The molecule has 20 heavy (non-hydrogen) atoms. The van der Waals surface area contributed by atoms with Crippen molar-refractivity contribution in [2.45, 2.75) is 26.8 Å². The van der Waals surface area contributed by atoms with E-state index in [4.69, 9.17) is 16.3 Å². The minimum Gasteiger partial charge on any atom is -0.454 e. The first-order valence-electron chi connectivity index (χ1n) is 6.78. The number of nitrogens with zero attached hydrogens (tertiary/aromatic N) is 1. The summed E-state index contributed by atoms with van der Waals surface area (Å²) in [7, 11) is 0. The second kappa shape index (κ2) is 7.27. The molecule has 0 bridgehead atoms. The summed E-state index contributed by atoms with van der Waals surface area (Å²) in [6.45, 7) is 5.88. The van der Waals surface area contributed by atoms with Gasteiger partial charge in [-0.2, -0.15) is 0 Å². The van der Waals surface area contributed by atoms with Crippen LogP contribution in [0, 0.1) is 6.92 Å². The van der Waals surface area contributed by atoms with Crippen LogP contribution < -0.4 is 10.1 Å². The first-order chi connectivity index (χ1) is 9.70. The van der Waals surface area contributed by atoms with Gasteiger partial charge in [0, 0.05) is 18.3 Å². The lowest BCUT2D eigenvalue weighted by atomic mass is 10.2. The zero-order chi connectivity index (χ0) is 14.4. The van der Waals surface area contributed by atoms with E-state index >= 15 is 0 Å². The second-order valence-electron chi connectivity index (χ2n) is 4.70. The van der Waals surface area contributed by atoms with Crippen LogP contribution in [0.3, 0.4) is 0 Å². The van der Waals surface area contributed by atoms with Crippen molar-refractivity contribution in [3.8, 4) is 11.5 Å². The van der Waals surface area contributed by atoms with Crippen LogP contribution in [0.25, 0.3) is 0 Å². The number of benzene rings is 1. The second-order valence-corrected chi connectivity index (χ2v) is 5.10. The molecule has 0 fully saturated rings. The first-order valence-corrected chi connectivity index (χ1v) is 7.16. The lowest BCUT2D eigenvalue weighted by Gasteiger charge is -2.12. The van der Waals surface area contributed by atoms with E-state index in [-0.39, 0.29) is 0 Å². The summed E-state index contributed by atoms with van der Waals surface area (Å²) < 4.78 is 5.89. The average molecular weight is 291 g/mol. The summed E-state index contributed by atoms with van der Waals surface area (Å²) in [4.78, 5) is 4.12. The number of ether oxygens (including phenoxy) is 1. The highest BCUT2D eigenvalue weighted by molar-refractivity contribution is 6.32. The van der Waals surface area contributed by atoms with Crippen LogP contribution in [0.4, 0.5) is 0 Å². The van der Waals surface area contributed by atoms with E-state index in [1.807, 2.05) is 31.2 Å². The molecule has 0 aliphatic heterocycles. The molecular weight excluding hydrogens is 272 g/mol. The number of rotatable bonds is 6. The van der Waals surface area contributed by atoms with Gasteiger partial charge in [-0.1, -0.05) is 24.6 Å². The van der Waals surface area contributed by atoms with E-state index in [2.05, 4.69) is 17.2 Å². The van der Waals surface area contributed by atoms with Crippen molar-refractivity contribution < 1.29 is 4.74 Å². The number of halogens is 1. The summed E-state index contributed by atoms with van der Waals surface area (Å²) in [5, 5.41) is 3.97. The SMILES string of the molecule is CCCNCc1ccncc1Oc1ccc(C)cc1Cl. The monoisotopic (exact) mass is 290 g/mol. The zero-order valence-electron chi connectivity index (χ0n) is 11.8. The van der Waals surface area contributed by atoms with Crippen molar-refractivity contribution in [1.82, 2.24) is 10.3 Å². The van der Waals surface area contributed by atoms with Crippen LogP contribution in [-0.2, 0) is 6.54 Å². The fourth-order valence-corrected chi connectivity index (χ4v) is 2.13. The van der Waals surface area contributed by atoms with E-state index in [1.54, 1.807) is 12.4 Å². The lowest BCUT2D eigenvalue weighted by Crippen LogP contribution is -2.14. The molecule has 0 aliphatic carbocycles. The van der Waals surface area contributed by atoms with Gasteiger partial charge in [0.05, 0.1) is 11.2 Å². The van der Waals surface area contributed by atoms with E-state index in [0.29, 0.717) is 10.8 Å². The molecule has 1 N–H and O–H groups in total. The van der Waals surface area contributed by atoms with E-state index in [0.717, 1.165) is 36.4 Å². The van der Waals surface area contributed by atoms with Crippen LogP contribution in [0.15, 0.2) is 36.7 Å². The van der Waals surface area contributed by atoms with Crippen molar-refractivity contribution in [3.05, 3.63) is 52.8 Å². The zero-order valence-corrected chi connectivity index (χ0v) is 12.6. The van der Waals surface area contributed by atoms with Crippen molar-refractivity contribution >= 4 is 11.6 Å². The molecule has 1 heterocycles. The van der Waals surface area contributed by atoms with Crippen molar-refractivity contribution in [2.75, 3.05) is 6.54 Å². The molecule has 2 rings (SSSR count). The molecule has 106 valence electrons. The first kappa shape index (κ1) is 14.8. The maximum atomic E-state index is 6.20. The fraction of sp³-hybridized carbons (Fsp3) is 0.312. The topological polar surface area (TPSA) is 34.2 Å². The predicted molar refractivity (Wildman–Crippen MR) is 82.5 cm³/mol. The number of hydrogen-bond donors (Lipinski definition) is 1. The van der Waals surface area contributed by atoms with Crippen molar-refractivity contribution in [1.29, 1.82) is 0 Å². The van der Waals surface area contributed by atoms with Crippen LogP contribution in [0.5, 0.6) is 11.5 Å². The Labute approximate surface area is 124 Å². The molecule has 0 saturated carbocycles. The largest absolute Gasteiger partial charge is 0.454 e. The predicted octanol–water partition coefficient (Wildman–Crippen LogP) is 4.34. The lowest BCUT2D eigenvalue weighted by molar-refractivity contribution is 0.470. The Morgan fingerprint density at radius 2 is 2.10 bits per heavy atom. The third kappa shape index (κ3) is 3.95. The van der Waals surface area contributed by atoms with Crippen LogP contribution in [0.2, 0.25) is 5.02 Å². The molecule has 0 atom stereocenters. The molecule has 0 saturated heterocycles. The van der Waals surface area contributed by atoms with E-state index < -0.39 is 0 Å². The standard InChI is InChI=1S/C16H19ClN2O/c1-3-7-18-10-13-6-8-19-11-16(13)20-15-5-4-12(2)9-14(15)17/h4-6,8-9,11,18H,3,7,10H2,1-2H3. The van der Waals surface area contributed by atoms with E-state index in [9.17, 15) is 0 Å². The highest BCUT2D eigenvalue weighted by Gasteiger charge is 2.07. The molecule has 0 aliphatic rings. The van der Waals surface area contributed by atoms with Gasteiger partial charge in [-0.3, -0.25) is 4.98 Å². The highest BCUT2D eigenvalue weighted by atomic mass is 35.5. The van der Waals surface area contributed by atoms with Gasteiger partial charge in [0.25, 0.3) is 0 Å². The van der Waals surface area contributed by atoms with Gasteiger partial charge in [0.15, 0.2) is 0 Å². The Balaban J connectivity index is 2.16. The van der Waals surface area contributed by atoms with Gasteiger partial charge in [-0.15, -0.1) is 0 Å². The Hall–Kier alpha value is -1.58. The number of aryl methyl sites for hydroxylation is 1. The van der Waals surface area contributed by atoms with Crippen molar-refractivity contribution in [2.24, 2.45) is 0 Å². The molecule has 3 nitrogen and oxygen atoms in total. The maximum Gasteiger partial charge on any atom is 0.150 e. The molecule has 0 spiro atoms.